The van der Waals surface area contributed by atoms with Crippen molar-refractivity contribution in [1.82, 2.24) is 9.80 Å². The molecule has 36 heavy (non-hydrogen) atoms. The molecule has 0 bridgehead atoms. The standard InChI is InChI=1S/C29H31ClN2O3S/c1-19-6-9-26(20(2)14-19)35-18-25-24-11-13-36-27(24)10-12-32(25)28(33)17-31(16-21-7-8-21)29(34)22-4-3-5-23(30)15-22/h3-6,9,11,13-15,21,25H,7-8,10,12,16-18H2,1-2H3/t25-/m0/s1. The summed E-state index contributed by atoms with van der Waals surface area (Å²) in [7, 11) is 0. The molecule has 1 aromatic heterocycles. The number of ether oxygens (including phenoxy) is 1. The van der Waals surface area contributed by atoms with E-state index >= 15 is 0 Å². The SMILES string of the molecule is Cc1ccc(OC[C@H]2c3ccsc3CCN2C(=O)CN(CC2CC2)C(=O)c2cccc(Cl)c2)c(C)c1. The van der Waals surface area contributed by atoms with E-state index in [0.717, 1.165) is 36.1 Å². The number of benzene rings is 2. The molecule has 188 valence electrons. The van der Waals surface area contributed by atoms with Crippen molar-refractivity contribution >= 4 is 34.8 Å². The van der Waals surface area contributed by atoms with Gasteiger partial charge in [0, 0.05) is 28.6 Å². The summed E-state index contributed by atoms with van der Waals surface area (Å²) >= 11 is 7.87. The van der Waals surface area contributed by atoms with Crippen molar-refractivity contribution in [2.75, 3.05) is 26.2 Å². The van der Waals surface area contributed by atoms with Gasteiger partial charge >= 0.3 is 0 Å². The van der Waals surface area contributed by atoms with Gasteiger partial charge in [-0.05, 0) is 85.9 Å². The lowest BCUT2D eigenvalue weighted by Crippen LogP contribution is -2.48. The Labute approximate surface area is 221 Å². The van der Waals surface area contributed by atoms with E-state index in [1.165, 1.54) is 10.4 Å². The lowest BCUT2D eigenvalue weighted by molar-refractivity contribution is -0.135. The van der Waals surface area contributed by atoms with Crippen LogP contribution in [0, 0.1) is 19.8 Å². The van der Waals surface area contributed by atoms with Crippen molar-refractivity contribution in [2.45, 2.75) is 39.2 Å². The molecule has 5 nitrogen and oxygen atoms in total. The molecular weight excluding hydrogens is 492 g/mol. The van der Waals surface area contributed by atoms with Crippen LogP contribution in [-0.4, -0.2) is 47.9 Å². The highest BCUT2D eigenvalue weighted by atomic mass is 35.5. The normalized spacial score (nSPS) is 17.0. The summed E-state index contributed by atoms with van der Waals surface area (Å²) in [5.41, 5.74) is 3.94. The molecule has 2 amide bonds. The second kappa shape index (κ2) is 10.7. The summed E-state index contributed by atoms with van der Waals surface area (Å²) in [5, 5.41) is 2.60. The van der Waals surface area contributed by atoms with Crippen molar-refractivity contribution in [3.63, 3.8) is 0 Å². The monoisotopic (exact) mass is 522 g/mol. The van der Waals surface area contributed by atoms with Crippen molar-refractivity contribution in [3.05, 3.63) is 86.1 Å². The largest absolute Gasteiger partial charge is 0.491 e. The molecule has 0 radical (unpaired) electrons. The van der Waals surface area contributed by atoms with Crippen molar-refractivity contribution in [1.29, 1.82) is 0 Å². The minimum Gasteiger partial charge on any atom is -0.491 e. The van der Waals surface area contributed by atoms with E-state index in [2.05, 4.69) is 24.4 Å². The van der Waals surface area contributed by atoms with Gasteiger partial charge in [-0.25, -0.2) is 0 Å². The Morgan fingerprint density at radius 2 is 1.97 bits per heavy atom. The summed E-state index contributed by atoms with van der Waals surface area (Å²) in [6.07, 6.45) is 3.02. The summed E-state index contributed by atoms with van der Waals surface area (Å²) in [6, 6.07) is 15.0. The summed E-state index contributed by atoms with van der Waals surface area (Å²) < 4.78 is 6.26. The van der Waals surface area contributed by atoms with E-state index in [1.807, 2.05) is 24.0 Å². The number of fused-ring (bicyclic) bond motifs is 1. The fourth-order valence-corrected chi connectivity index (χ4v) is 6.01. The number of carbonyl (C=O) groups is 2. The first kappa shape index (κ1) is 24.8. The Kier molecular flexibility index (Phi) is 7.35. The number of amides is 2. The highest BCUT2D eigenvalue weighted by Gasteiger charge is 2.35. The summed E-state index contributed by atoms with van der Waals surface area (Å²) in [5.74, 6) is 1.11. The van der Waals surface area contributed by atoms with E-state index in [1.54, 1.807) is 40.5 Å². The second-order valence-corrected chi connectivity index (χ2v) is 11.3. The average Bonchev–Trinajstić information content (AvgIpc) is 3.54. The van der Waals surface area contributed by atoms with Crippen LogP contribution >= 0.6 is 22.9 Å². The third kappa shape index (κ3) is 5.60. The van der Waals surface area contributed by atoms with Crippen LogP contribution in [0.5, 0.6) is 5.75 Å². The third-order valence-electron chi connectivity index (χ3n) is 7.00. The first-order chi connectivity index (χ1) is 17.4. The number of thiophene rings is 1. The van der Waals surface area contributed by atoms with Gasteiger partial charge in [0.1, 0.15) is 18.9 Å². The molecule has 7 heteroatoms. The molecule has 1 atom stereocenters. The molecule has 3 aromatic rings. The van der Waals surface area contributed by atoms with Gasteiger partial charge in [0.2, 0.25) is 5.91 Å². The van der Waals surface area contributed by atoms with E-state index in [-0.39, 0.29) is 24.4 Å². The molecule has 5 rings (SSSR count). The molecule has 1 aliphatic carbocycles. The minimum atomic E-state index is -0.183. The molecule has 1 aliphatic heterocycles. The highest BCUT2D eigenvalue weighted by Crippen LogP contribution is 2.35. The van der Waals surface area contributed by atoms with Gasteiger partial charge in [0.05, 0.1) is 6.04 Å². The molecule has 2 heterocycles. The quantitative estimate of drug-likeness (QED) is 0.360. The predicted molar refractivity (Wildman–Crippen MR) is 144 cm³/mol. The Morgan fingerprint density at radius 1 is 1.14 bits per heavy atom. The highest BCUT2D eigenvalue weighted by molar-refractivity contribution is 7.10. The Bertz CT molecular complexity index is 1270. The van der Waals surface area contributed by atoms with Gasteiger partial charge in [-0.15, -0.1) is 11.3 Å². The minimum absolute atomic E-state index is 0.0443. The fraction of sp³-hybridized carbons (Fsp3) is 0.379. The number of rotatable bonds is 8. The number of aryl methyl sites for hydroxylation is 2. The maximum Gasteiger partial charge on any atom is 0.254 e. The van der Waals surface area contributed by atoms with Crippen LogP contribution in [0.2, 0.25) is 5.02 Å². The number of hydrogen-bond donors (Lipinski definition) is 0. The van der Waals surface area contributed by atoms with Crippen molar-refractivity contribution in [2.24, 2.45) is 5.92 Å². The predicted octanol–water partition coefficient (Wildman–Crippen LogP) is 6.08. The molecule has 0 saturated heterocycles. The Morgan fingerprint density at radius 3 is 2.72 bits per heavy atom. The number of carbonyl (C=O) groups excluding carboxylic acids is 2. The number of nitrogens with zero attached hydrogens (tertiary/aromatic N) is 2. The van der Waals surface area contributed by atoms with Gasteiger partial charge in [0.15, 0.2) is 0 Å². The van der Waals surface area contributed by atoms with Crippen LogP contribution in [0.4, 0.5) is 0 Å². The van der Waals surface area contributed by atoms with Crippen LogP contribution in [0.25, 0.3) is 0 Å². The van der Waals surface area contributed by atoms with Gasteiger partial charge in [0.25, 0.3) is 5.91 Å². The summed E-state index contributed by atoms with van der Waals surface area (Å²) in [4.78, 5) is 32.0. The first-order valence-electron chi connectivity index (χ1n) is 12.5. The number of halogens is 1. The lowest BCUT2D eigenvalue weighted by Gasteiger charge is -2.37. The van der Waals surface area contributed by atoms with Crippen LogP contribution < -0.4 is 4.74 Å². The van der Waals surface area contributed by atoms with Crippen LogP contribution in [-0.2, 0) is 11.2 Å². The van der Waals surface area contributed by atoms with E-state index in [4.69, 9.17) is 16.3 Å². The Hall–Kier alpha value is -2.83. The average molecular weight is 523 g/mol. The third-order valence-corrected chi connectivity index (χ3v) is 8.23. The molecule has 0 spiro atoms. The molecule has 1 saturated carbocycles. The molecule has 0 N–H and O–H groups in total. The molecular formula is C29H31ClN2O3S. The molecule has 2 aromatic carbocycles. The summed E-state index contributed by atoms with van der Waals surface area (Å²) in [6.45, 7) is 5.76. The fourth-order valence-electron chi connectivity index (χ4n) is 4.89. The van der Waals surface area contributed by atoms with Crippen LogP contribution in [0.3, 0.4) is 0 Å². The van der Waals surface area contributed by atoms with E-state index in [9.17, 15) is 9.59 Å². The van der Waals surface area contributed by atoms with Crippen LogP contribution in [0.15, 0.2) is 53.9 Å². The molecule has 2 aliphatic rings. The second-order valence-electron chi connectivity index (χ2n) is 9.87. The first-order valence-corrected chi connectivity index (χ1v) is 13.8. The maximum atomic E-state index is 13.7. The lowest BCUT2D eigenvalue weighted by atomic mass is 10.00. The zero-order chi connectivity index (χ0) is 25.2. The van der Waals surface area contributed by atoms with Gasteiger partial charge < -0.3 is 14.5 Å². The molecule has 1 fully saturated rings. The van der Waals surface area contributed by atoms with Gasteiger partial charge in [-0.2, -0.15) is 0 Å². The smallest absolute Gasteiger partial charge is 0.254 e. The van der Waals surface area contributed by atoms with Crippen LogP contribution in [0.1, 0.15) is 50.8 Å². The van der Waals surface area contributed by atoms with E-state index < -0.39 is 0 Å². The van der Waals surface area contributed by atoms with Crippen molar-refractivity contribution in [3.8, 4) is 5.75 Å². The number of hydrogen-bond acceptors (Lipinski definition) is 4. The Balaban J connectivity index is 1.35. The van der Waals surface area contributed by atoms with Gasteiger partial charge in [-0.3, -0.25) is 9.59 Å². The maximum absolute atomic E-state index is 13.7. The van der Waals surface area contributed by atoms with Gasteiger partial charge in [-0.1, -0.05) is 35.4 Å². The van der Waals surface area contributed by atoms with E-state index in [0.29, 0.717) is 36.2 Å². The topological polar surface area (TPSA) is 49.9 Å². The van der Waals surface area contributed by atoms with Crippen molar-refractivity contribution < 1.29 is 14.3 Å². The zero-order valence-corrected chi connectivity index (χ0v) is 22.3. The zero-order valence-electron chi connectivity index (χ0n) is 20.7. The molecule has 0 unspecified atom stereocenters.